The van der Waals surface area contributed by atoms with Crippen molar-refractivity contribution in [1.82, 2.24) is 10.6 Å². The van der Waals surface area contributed by atoms with E-state index in [0.717, 1.165) is 11.1 Å². The lowest BCUT2D eigenvalue weighted by atomic mass is 10.2. The SMILES string of the molecule is O=C(O)NCCOCCOCCOCCOCCOCCNCC(O)COc1ccc(OCc2ccc(F)cc2)c(OCc2ccc(F)cc2)c1. The van der Waals surface area contributed by atoms with Crippen LogP contribution < -0.4 is 24.8 Å². The standard InChI is InChI=1S/C36H48F2N2O11/c37-30-5-1-28(2-6-30)25-50-34-10-9-33(23-35(34)51-26-29-3-7-31(38)8-4-29)49-27-32(41)24-39-11-13-44-15-17-46-19-21-48-22-20-47-18-16-45-14-12-40-36(42)43/h1-10,23,32,39-41H,11-22,24-27H2,(H,42,43). The molecule has 51 heavy (non-hydrogen) atoms. The Hall–Kier alpha value is -4.09. The number of carboxylic acid groups (broad SMARTS) is 1. The smallest absolute Gasteiger partial charge is 0.404 e. The van der Waals surface area contributed by atoms with Crippen LogP contribution in [0, 0.1) is 11.6 Å². The number of hydrogen-bond donors (Lipinski definition) is 4. The summed E-state index contributed by atoms with van der Waals surface area (Å²) in [5.74, 6) is 0.637. The second-order valence-corrected chi connectivity index (χ2v) is 10.9. The molecular weight excluding hydrogens is 674 g/mol. The maximum absolute atomic E-state index is 13.3. The maximum atomic E-state index is 13.3. The molecule has 0 aliphatic heterocycles. The highest BCUT2D eigenvalue weighted by atomic mass is 19.1. The van der Waals surface area contributed by atoms with Gasteiger partial charge in [-0.25, -0.2) is 13.6 Å². The van der Waals surface area contributed by atoms with Crippen molar-refractivity contribution in [2.24, 2.45) is 0 Å². The van der Waals surface area contributed by atoms with E-state index in [9.17, 15) is 18.7 Å². The van der Waals surface area contributed by atoms with E-state index in [-0.39, 0.29) is 38.0 Å². The fourth-order valence-electron chi connectivity index (χ4n) is 4.17. The molecule has 3 rings (SSSR count). The average Bonchev–Trinajstić information content (AvgIpc) is 3.13. The number of amides is 1. The molecule has 0 saturated heterocycles. The molecule has 0 bridgehead atoms. The molecule has 282 valence electrons. The summed E-state index contributed by atoms with van der Waals surface area (Å²) in [7, 11) is 0. The van der Waals surface area contributed by atoms with Gasteiger partial charge >= 0.3 is 6.09 Å². The summed E-state index contributed by atoms with van der Waals surface area (Å²) in [5, 5.41) is 24.2. The van der Waals surface area contributed by atoms with Gasteiger partial charge in [0, 0.05) is 25.7 Å². The van der Waals surface area contributed by atoms with E-state index in [1.165, 1.54) is 24.3 Å². The van der Waals surface area contributed by atoms with Crippen molar-refractivity contribution in [1.29, 1.82) is 0 Å². The van der Waals surface area contributed by atoms with Gasteiger partial charge in [-0.05, 0) is 47.5 Å². The third kappa shape index (κ3) is 19.8. The van der Waals surface area contributed by atoms with Gasteiger partial charge in [-0.3, -0.25) is 0 Å². The van der Waals surface area contributed by atoms with E-state index in [2.05, 4.69) is 10.6 Å². The molecule has 0 radical (unpaired) electrons. The zero-order valence-electron chi connectivity index (χ0n) is 28.6. The van der Waals surface area contributed by atoms with Crippen molar-refractivity contribution in [3.05, 3.63) is 89.5 Å². The number of aliphatic hydroxyl groups excluding tert-OH is 1. The first-order valence-electron chi connectivity index (χ1n) is 16.6. The summed E-state index contributed by atoms with van der Waals surface area (Å²) < 4.78 is 71.3. The fourth-order valence-corrected chi connectivity index (χ4v) is 4.17. The van der Waals surface area contributed by atoms with Crippen LogP contribution in [0.2, 0.25) is 0 Å². The van der Waals surface area contributed by atoms with Gasteiger partial charge in [0.1, 0.15) is 43.3 Å². The minimum atomic E-state index is -1.08. The van der Waals surface area contributed by atoms with Crippen molar-refractivity contribution in [2.45, 2.75) is 19.3 Å². The monoisotopic (exact) mass is 722 g/mol. The predicted molar refractivity (Wildman–Crippen MR) is 182 cm³/mol. The molecule has 0 aliphatic rings. The van der Waals surface area contributed by atoms with Crippen LogP contribution in [0.25, 0.3) is 0 Å². The normalized spacial score (nSPS) is 11.7. The highest BCUT2D eigenvalue weighted by Gasteiger charge is 2.11. The largest absolute Gasteiger partial charge is 0.491 e. The van der Waals surface area contributed by atoms with Gasteiger partial charge in [-0.15, -0.1) is 0 Å². The van der Waals surface area contributed by atoms with Gasteiger partial charge in [0.05, 0.1) is 66.1 Å². The molecule has 3 aromatic rings. The van der Waals surface area contributed by atoms with Crippen LogP contribution in [0.5, 0.6) is 17.2 Å². The lowest BCUT2D eigenvalue weighted by Crippen LogP contribution is -2.33. The van der Waals surface area contributed by atoms with Gasteiger partial charge in [0.2, 0.25) is 0 Å². The number of ether oxygens (including phenoxy) is 8. The van der Waals surface area contributed by atoms with E-state index < -0.39 is 12.2 Å². The van der Waals surface area contributed by atoms with Crippen LogP contribution in [-0.2, 0) is 36.9 Å². The van der Waals surface area contributed by atoms with Crippen LogP contribution >= 0.6 is 0 Å². The van der Waals surface area contributed by atoms with E-state index in [1.54, 1.807) is 42.5 Å². The zero-order chi connectivity index (χ0) is 36.4. The summed E-state index contributed by atoms with van der Waals surface area (Å²) in [6.07, 6.45) is -1.86. The van der Waals surface area contributed by atoms with Crippen LogP contribution in [-0.4, -0.2) is 115 Å². The summed E-state index contributed by atoms with van der Waals surface area (Å²) in [5.41, 5.74) is 1.54. The minimum Gasteiger partial charge on any atom is -0.491 e. The Labute approximate surface area is 296 Å². The molecule has 3 aromatic carbocycles. The van der Waals surface area contributed by atoms with E-state index >= 15 is 0 Å². The number of aliphatic hydroxyl groups is 1. The molecule has 15 heteroatoms. The summed E-state index contributed by atoms with van der Waals surface area (Å²) in [6.45, 7) is 5.54. The van der Waals surface area contributed by atoms with Gasteiger partial charge in [-0.2, -0.15) is 0 Å². The fraction of sp³-hybridized carbons (Fsp3) is 0.472. The Balaban J connectivity index is 1.21. The number of halogens is 2. The molecule has 0 aliphatic carbocycles. The number of hydrogen-bond acceptors (Lipinski definition) is 11. The molecule has 0 saturated carbocycles. The molecule has 1 unspecified atom stereocenters. The Morgan fingerprint density at radius 1 is 0.608 bits per heavy atom. The van der Waals surface area contributed by atoms with E-state index in [1.807, 2.05) is 0 Å². The van der Waals surface area contributed by atoms with Crippen LogP contribution in [0.4, 0.5) is 13.6 Å². The number of benzene rings is 3. The van der Waals surface area contributed by atoms with Crippen molar-refractivity contribution >= 4 is 6.09 Å². The van der Waals surface area contributed by atoms with Gasteiger partial charge < -0.3 is 58.7 Å². The molecule has 1 atom stereocenters. The van der Waals surface area contributed by atoms with E-state index in [0.29, 0.717) is 96.4 Å². The molecule has 4 N–H and O–H groups in total. The van der Waals surface area contributed by atoms with E-state index in [4.69, 9.17) is 43.0 Å². The quantitative estimate of drug-likeness (QED) is 0.0771. The lowest BCUT2D eigenvalue weighted by Gasteiger charge is -2.17. The maximum Gasteiger partial charge on any atom is 0.404 e. The molecule has 0 heterocycles. The summed E-state index contributed by atoms with van der Waals surface area (Å²) >= 11 is 0. The van der Waals surface area contributed by atoms with Crippen LogP contribution in [0.1, 0.15) is 11.1 Å². The number of carbonyl (C=O) groups is 1. The summed E-state index contributed by atoms with van der Waals surface area (Å²) in [4.78, 5) is 10.3. The van der Waals surface area contributed by atoms with Crippen molar-refractivity contribution in [3.8, 4) is 17.2 Å². The third-order valence-electron chi connectivity index (χ3n) is 6.79. The number of nitrogens with one attached hydrogen (secondary N) is 2. The lowest BCUT2D eigenvalue weighted by molar-refractivity contribution is -0.0106. The molecule has 0 fully saturated rings. The van der Waals surface area contributed by atoms with Crippen LogP contribution in [0.15, 0.2) is 66.7 Å². The Morgan fingerprint density at radius 3 is 1.59 bits per heavy atom. The molecule has 13 nitrogen and oxygen atoms in total. The third-order valence-corrected chi connectivity index (χ3v) is 6.79. The topological polar surface area (TPSA) is 155 Å². The van der Waals surface area contributed by atoms with Crippen molar-refractivity contribution in [3.63, 3.8) is 0 Å². The van der Waals surface area contributed by atoms with Gasteiger partial charge in [0.15, 0.2) is 11.5 Å². The van der Waals surface area contributed by atoms with Gasteiger partial charge in [-0.1, -0.05) is 24.3 Å². The highest BCUT2D eigenvalue weighted by molar-refractivity contribution is 5.64. The van der Waals surface area contributed by atoms with Crippen LogP contribution in [0.3, 0.4) is 0 Å². The van der Waals surface area contributed by atoms with Crippen molar-refractivity contribution in [2.75, 3.05) is 92.3 Å². The second kappa shape index (κ2) is 25.8. The Kier molecular flexibility index (Phi) is 20.9. The summed E-state index contributed by atoms with van der Waals surface area (Å²) in [6, 6.07) is 17.0. The number of rotatable bonds is 29. The molecular formula is C36H48F2N2O11. The average molecular weight is 723 g/mol. The molecule has 0 aromatic heterocycles. The van der Waals surface area contributed by atoms with Gasteiger partial charge in [0.25, 0.3) is 0 Å². The zero-order valence-corrected chi connectivity index (χ0v) is 28.6. The predicted octanol–water partition coefficient (Wildman–Crippen LogP) is 3.80. The van der Waals surface area contributed by atoms with Crippen molar-refractivity contribution < 1.29 is 61.7 Å². The Morgan fingerprint density at radius 2 is 1.08 bits per heavy atom. The first kappa shape index (κ1) is 41.3. The Bertz CT molecular complexity index is 1350. The highest BCUT2D eigenvalue weighted by Crippen LogP contribution is 2.33. The first-order chi connectivity index (χ1) is 24.9. The second-order valence-electron chi connectivity index (χ2n) is 10.9. The molecule has 1 amide bonds. The minimum absolute atomic E-state index is 0.0333. The first-order valence-corrected chi connectivity index (χ1v) is 16.6. The molecule has 0 spiro atoms.